The van der Waals surface area contributed by atoms with Gasteiger partial charge in [-0.3, -0.25) is 4.79 Å². The van der Waals surface area contributed by atoms with Crippen LogP contribution in [-0.2, 0) is 16.9 Å². The van der Waals surface area contributed by atoms with E-state index in [1.54, 1.807) is 7.11 Å². The van der Waals surface area contributed by atoms with Gasteiger partial charge in [-0.2, -0.15) is 5.01 Å². The molecule has 1 aromatic heterocycles. The number of likely N-dealkylation sites (N-methyl/N-ethyl adjacent to an activating group) is 1. The van der Waals surface area contributed by atoms with Gasteiger partial charge < -0.3 is 30.8 Å². The summed E-state index contributed by atoms with van der Waals surface area (Å²) in [4.78, 5) is 16.6. The highest BCUT2D eigenvalue weighted by atomic mass is 35.5. The topological polar surface area (TPSA) is 102 Å². The van der Waals surface area contributed by atoms with Crippen molar-refractivity contribution in [2.75, 3.05) is 46.9 Å². The summed E-state index contributed by atoms with van der Waals surface area (Å²) >= 11 is 14.2. The second-order valence-electron chi connectivity index (χ2n) is 10.6. The number of alkyl halides is 1. The lowest BCUT2D eigenvalue weighted by Gasteiger charge is -2.48. The van der Waals surface area contributed by atoms with Gasteiger partial charge in [0.2, 0.25) is 11.8 Å². The van der Waals surface area contributed by atoms with Crippen LogP contribution in [0.5, 0.6) is 5.88 Å². The number of ether oxygens (including phenoxy) is 1. The third kappa shape index (κ3) is 6.08. The Labute approximate surface area is 257 Å². The second-order valence-corrected chi connectivity index (χ2v) is 11.5. The average Bonchev–Trinajstić information content (AvgIpc) is 3.58. The molecular weight excluding hydrogens is 575 g/mol. The molecule has 2 unspecified atom stereocenters. The zero-order chi connectivity index (χ0) is 29.7. The predicted octanol–water partition coefficient (Wildman–Crippen LogP) is 3.20. The summed E-state index contributed by atoms with van der Waals surface area (Å²) in [5.74, 6) is 0.617. The van der Waals surface area contributed by atoms with Crippen molar-refractivity contribution in [2.24, 2.45) is 0 Å². The number of carbonyl (C=O) groups is 1. The van der Waals surface area contributed by atoms with Gasteiger partial charge in [-0.1, -0.05) is 54.1 Å². The number of carbonyl (C=O) groups excluding carboxylic acids is 1. The fourth-order valence-corrected chi connectivity index (χ4v) is 6.62. The number of amides is 1. The Morgan fingerprint density at radius 3 is 2.79 bits per heavy atom. The number of hydrogen-bond donors (Lipinski definition) is 4. The number of nitrogens with one attached hydrogen (secondary N) is 3. The lowest BCUT2D eigenvalue weighted by molar-refractivity contribution is -0.119. The van der Waals surface area contributed by atoms with E-state index in [4.69, 9.17) is 32.9 Å². The van der Waals surface area contributed by atoms with E-state index in [0.717, 1.165) is 34.5 Å². The normalized spacial score (nSPS) is 24.1. The molecule has 11 heteroatoms. The maximum atomic E-state index is 11.6. The number of pyridine rings is 1. The molecular formula is C31H38Cl2N6O3. The van der Waals surface area contributed by atoms with E-state index in [2.05, 4.69) is 38.1 Å². The number of benzene rings is 1. The Morgan fingerprint density at radius 2 is 2.05 bits per heavy atom. The molecule has 3 heterocycles. The first-order chi connectivity index (χ1) is 20.4. The lowest BCUT2D eigenvalue weighted by atomic mass is 9.79. The van der Waals surface area contributed by atoms with Crippen molar-refractivity contribution in [3.8, 4) is 5.88 Å². The van der Waals surface area contributed by atoms with E-state index < -0.39 is 10.9 Å². The van der Waals surface area contributed by atoms with Crippen LogP contribution >= 0.6 is 23.2 Å². The van der Waals surface area contributed by atoms with Crippen molar-refractivity contribution < 1.29 is 14.6 Å². The van der Waals surface area contributed by atoms with E-state index in [9.17, 15) is 9.90 Å². The van der Waals surface area contributed by atoms with Crippen molar-refractivity contribution >= 4 is 34.7 Å². The van der Waals surface area contributed by atoms with Crippen molar-refractivity contribution in [2.45, 2.75) is 36.3 Å². The fourth-order valence-electron chi connectivity index (χ4n) is 5.89. The Hall–Kier alpha value is -2.92. The monoisotopic (exact) mass is 612 g/mol. The van der Waals surface area contributed by atoms with E-state index >= 15 is 0 Å². The molecule has 224 valence electrons. The number of hydrogen-bond acceptors (Lipinski definition) is 8. The molecule has 0 bridgehead atoms. The fraction of sp³-hybridized carbons (Fsp3) is 0.419. The first-order valence-electron chi connectivity index (χ1n) is 14.2. The summed E-state index contributed by atoms with van der Waals surface area (Å²) in [6, 6.07) is 11.9. The minimum Gasteiger partial charge on any atom is -0.481 e. The molecule has 0 saturated carbocycles. The summed E-state index contributed by atoms with van der Waals surface area (Å²) in [6.45, 7) is 3.02. The maximum Gasteiger partial charge on any atom is 0.220 e. The van der Waals surface area contributed by atoms with Crippen LogP contribution in [0.4, 0.5) is 0 Å². The van der Waals surface area contributed by atoms with E-state index in [-0.39, 0.29) is 18.6 Å². The van der Waals surface area contributed by atoms with Crippen molar-refractivity contribution in [3.63, 3.8) is 0 Å². The highest BCUT2D eigenvalue weighted by Crippen LogP contribution is 2.48. The Balaban J connectivity index is 1.48. The molecule has 2 aromatic rings. The van der Waals surface area contributed by atoms with Crippen LogP contribution in [0, 0.1) is 0 Å². The first-order valence-corrected chi connectivity index (χ1v) is 15.0. The summed E-state index contributed by atoms with van der Waals surface area (Å²) in [5.41, 5.74) is 3.62. The van der Waals surface area contributed by atoms with Gasteiger partial charge in [0.05, 0.1) is 24.8 Å². The molecule has 4 N–H and O–H groups in total. The minimum absolute atomic E-state index is 0.0728. The molecule has 5 rings (SSSR count). The second kappa shape index (κ2) is 13.6. The van der Waals surface area contributed by atoms with Crippen molar-refractivity contribution in [1.82, 2.24) is 31.0 Å². The molecule has 1 saturated heterocycles. The molecule has 1 aliphatic carbocycles. The largest absolute Gasteiger partial charge is 0.481 e. The highest BCUT2D eigenvalue weighted by Gasteiger charge is 2.50. The van der Waals surface area contributed by atoms with Crippen LogP contribution in [-0.4, -0.2) is 84.4 Å². The van der Waals surface area contributed by atoms with Gasteiger partial charge in [-0.05, 0) is 35.8 Å². The maximum absolute atomic E-state index is 11.6. The summed E-state index contributed by atoms with van der Waals surface area (Å²) in [5, 5.41) is 23.3. The predicted molar refractivity (Wildman–Crippen MR) is 166 cm³/mol. The third-order valence-electron chi connectivity index (χ3n) is 8.10. The van der Waals surface area contributed by atoms with Crippen LogP contribution in [0.25, 0.3) is 5.57 Å². The van der Waals surface area contributed by atoms with Crippen LogP contribution in [0.15, 0.2) is 66.4 Å². The molecule has 0 radical (unpaired) electrons. The van der Waals surface area contributed by atoms with Crippen LogP contribution in [0.2, 0.25) is 5.02 Å². The molecule has 0 spiro atoms. The zero-order valence-electron chi connectivity index (χ0n) is 23.9. The number of rotatable bonds is 12. The van der Waals surface area contributed by atoms with Crippen molar-refractivity contribution in [1.29, 1.82) is 0 Å². The average molecular weight is 614 g/mol. The molecule has 1 fully saturated rings. The van der Waals surface area contributed by atoms with Crippen LogP contribution in [0.1, 0.15) is 29.7 Å². The van der Waals surface area contributed by atoms with E-state index in [0.29, 0.717) is 50.0 Å². The van der Waals surface area contributed by atoms with E-state index in [1.807, 2.05) is 55.6 Å². The molecule has 9 nitrogen and oxygen atoms in total. The summed E-state index contributed by atoms with van der Waals surface area (Å²) in [7, 11) is 3.64. The molecule has 3 aliphatic rings. The number of aliphatic hydroxyl groups excluding tert-OH is 1. The molecule has 1 aromatic carbocycles. The first kappa shape index (κ1) is 30.5. The number of methoxy groups -OCH3 is 1. The SMILES string of the molecule is COc1nc(C2(N3CC=C(CNCCO)N3C)C=CC=C(c3ccccc3Cl)[C@@H]2Cl)ccc1CNCC1CCC(=O)N1. The molecule has 2 aliphatic heterocycles. The van der Waals surface area contributed by atoms with Gasteiger partial charge in [0.25, 0.3) is 0 Å². The quantitative estimate of drug-likeness (QED) is 0.214. The van der Waals surface area contributed by atoms with Gasteiger partial charge in [-0.25, -0.2) is 4.98 Å². The number of aromatic nitrogens is 1. The third-order valence-corrected chi connectivity index (χ3v) is 9.00. The number of aliphatic hydroxyl groups is 1. The smallest absolute Gasteiger partial charge is 0.220 e. The van der Waals surface area contributed by atoms with Crippen LogP contribution < -0.4 is 20.7 Å². The molecule has 3 atom stereocenters. The zero-order valence-corrected chi connectivity index (χ0v) is 25.5. The summed E-state index contributed by atoms with van der Waals surface area (Å²) in [6.07, 6.45) is 9.71. The number of halogens is 2. The Bertz CT molecular complexity index is 1380. The number of nitrogens with zero attached hydrogens (tertiary/aromatic N) is 3. The van der Waals surface area contributed by atoms with Gasteiger partial charge in [0.1, 0.15) is 5.54 Å². The van der Waals surface area contributed by atoms with Gasteiger partial charge in [-0.15, -0.1) is 11.6 Å². The highest BCUT2D eigenvalue weighted by molar-refractivity contribution is 6.34. The van der Waals surface area contributed by atoms with Crippen LogP contribution in [0.3, 0.4) is 0 Å². The minimum atomic E-state index is -0.873. The van der Waals surface area contributed by atoms with Gasteiger partial charge >= 0.3 is 0 Å². The lowest BCUT2D eigenvalue weighted by Crippen LogP contribution is -2.56. The molecule has 42 heavy (non-hydrogen) atoms. The van der Waals surface area contributed by atoms with Gasteiger partial charge in [0.15, 0.2) is 0 Å². The number of allylic oxidation sites excluding steroid dienone is 2. The number of hydrazine groups is 1. The van der Waals surface area contributed by atoms with E-state index in [1.165, 1.54) is 0 Å². The Kier molecular flexibility index (Phi) is 9.88. The Morgan fingerprint density at radius 1 is 1.21 bits per heavy atom. The van der Waals surface area contributed by atoms with Crippen molar-refractivity contribution in [3.05, 3.63) is 88.2 Å². The standard InChI is InChI=1S/C31H38Cl2N6O3/c1-38-23(20-34-15-17-40)13-16-39(38)31(14-5-7-25(29(31)33)24-6-3-4-8-26(24)32)27-11-9-21(30(37-27)42-2)18-35-19-22-10-12-28(41)36-22/h3-9,11,13-14,22,29,34-35,40H,10,12,15-20H2,1-2H3,(H,36,41)/t22?,29-,31?/m0/s1. The summed E-state index contributed by atoms with van der Waals surface area (Å²) < 4.78 is 5.80. The molecule has 1 amide bonds. The van der Waals surface area contributed by atoms with Gasteiger partial charge in [0, 0.05) is 68.5 Å².